The molecule has 1 aromatic carbocycles. The van der Waals surface area contributed by atoms with Crippen LogP contribution in [0.3, 0.4) is 0 Å². The lowest BCUT2D eigenvalue weighted by atomic mass is 10.1. The summed E-state index contributed by atoms with van der Waals surface area (Å²) >= 11 is 3.41. The minimum atomic E-state index is -0.888. The number of carboxylic acid groups (broad SMARTS) is 1. The molecule has 0 spiro atoms. The third-order valence-electron chi connectivity index (χ3n) is 3.34. The zero-order chi connectivity index (χ0) is 13.8. The van der Waals surface area contributed by atoms with Crippen molar-refractivity contribution in [2.24, 2.45) is 0 Å². The van der Waals surface area contributed by atoms with E-state index in [1.807, 2.05) is 6.07 Å². The lowest BCUT2D eigenvalue weighted by Gasteiger charge is -2.27. The van der Waals surface area contributed by atoms with Crippen molar-refractivity contribution in [2.45, 2.75) is 25.9 Å². The van der Waals surface area contributed by atoms with Gasteiger partial charge in [-0.1, -0.05) is 22.9 Å². The quantitative estimate of drug-likeness (QED) is 0.926. The Morgan fingerprint density at radius 2 is 2.37 bits per heavy atom. The van der Waals surface area contributed by atoms with Crippen LogP contribution in [0.2, 0.25) is 0 Å². The first-order valence-electron chi connectivity index (χ1n) is 6.51. The Kier molecular flexibility index (Phi) is 4.82. The van der Waals surface area contributed by atoms with Gasteiger partial charge in [0.2, 0.25) is 0 Å². The second kappa shape index (κ2) is 6.39. The van der Waals surface area contributed by atoms with Crippen LogP contribution < -0.4 is 4.90 Å². The number of hydrogen-bond donors (Lipinski definition) is 1. The number of carboxylic acids is 1. The Labute approximate surface area is 121 Å². The van der Waals surface area contributed by atoms with Crippen LogP contribution in [0, 0.1) is 0 Å². The first-order chi connectivity index (χ1) is 9.11. The topological polar surface area (TPSA) is 49.8 Å². The van der Waals surface area contributed by atoms with Crippen LogP contribution in [0.15, 0.2) is 22.7 Å². The molecule has 0 saturated carbocycles. The summed E-state index contributed by atoms with van der Waals surface area (Å²) in [5, 5.41) is 9.31. The molecule has 19 heavy (non-hydrogen) atoms. The van der Waals surface area contributed by atoms with Crippen molar-refractivity contribution in [2.75, 3.05) is 24.6 Å². The fraction of sp³-hybridized carbons (Fsp3) is 0.500. The zero-order valence-corrected chi connectivity index (χ0v) is 12.5. The van der Waals surface area contributed by atoms with Gasteiger partial charge < -0.3 is 14.7 Å². The molecule has 0 amide bonds. The maximum atomic E-state index is 11.3. The second-order valence-corrected chi connectivity index (χ2v) is 5.58. The number of halogens is 1. The Balaban J connectivity index is 2.33. The molecule has 0 radical (unpaired) electrons. The Hall–Kier alpha value is -1.07. The van der Waals surface area contributed by atoms with Crippen LogP contribution in [0.4, 0.5) is 5.69 Å². The number of carbonyl (C=O) groups is 1. The summed E-state index contributed by atoms with van der Waals surface area (Å²) in [5.41, 5.74) is 1.12. The van der Waals surface area contributed by atoms with Crippen molar-refractivity contribution in [3.8, 4) is 0 Å². The molecule has 1 saturated heterocycles. The summed E-state index contributed by atoms with van der Waals surface area (Å²) in [4.78, 5) is 13.5. The number of benzene rings is 1. The first-order valence-corrected chi connectivity index (χ1v) is 7.30. The van der Waals surface area contributed by atoms with Crippen LogP contribution in [0.1, 0.15) is 30.1 Å². The molecule has 2 rings (SSSR count). The molecule has 1 heterocycles. The average molecular weight is 328 g/mol. The third kappa shape index (κ3) is 3.48. The monoisotopic (exact) mass is 327 g/mol. The van der Waals surface area contributed by atoms with Gasteiger partial charge in [0.25, 0.3) is 0 Å². The number of anilines is 1. The fourth-order valence-electron chi connectivity index (χ4n) is 2.31. The summed E-state index contributed by atoms with van der Waals surface area (Å²) in [6.45, 7) is 4.40. The minimum Gasteiger partial charge on any atom is -0.478 e. The standard InChI is InChI=1S/C14H18BrNO3/c1-2-11-9-16(6-3-7-19-11)13-8-10(15)4-5-12(13)14(17)18/h4-5,8,11H,2-3,6-7,9H2,1H3,(H,17,18). The third-order valence-corrected chi connectivity index (χ3v) is 3.83. The maximum Gasteiger partial charge on any atom is 0.337 e. The van der Waals surface area contributed by atoms with Crippen molar-refractivity contribution in [1.82, 2.24) is 0 Å². The first kappa shape index (κ1) is 14.3. The molecule has 1 unspecified atom stereocenters. The van der Waals surface area contributed by atoms with E-state index in [1.165, 1.54) is 0 Å². The Morgan fingerprint density at radius 1 is 1.58 bits per heavy atom. The highest BCUT2D eigenvalue weighted by atomic mass is 79.9. The van der Waals surface area contributed by atoms with E-state index in [0.717, 1.165) is 42.7 Å². The number of nitrogens with zero attached hydrogens (tertiary/aromatic N) is 1. The van der Waals surface area contributed by atoms with Gasteiger partial charge >= 0.3 is 5.97 Å². The van der Waals surface area contributed by atoms with E-state index in [-0.39, 0.29) is 6.10 Å². The predicted molar refractivity (Wildman–Crippen MR) is 78.0 cm³/mol. The molecule has 0 bridgehead atoms. The minimum absolute atomic E-state index is 0.170. The SMILES string of the molecule is CCC1CN(c2cc(Br)ccc2C(=O)O)CCCO1. The second-order valence-electron chi connectivity index (χ2n) is 4.67. The van der Waals surface area contributed by atoms with E-state index < -0.39 is 5.97 Å². The molecule has 104 valence electrons. The number of hydrogen-bond acceptors (Lipinski definition) is 3. The van der Waals surface area contributed by atoms with Gasteiger partial charge in [-0.2, -0.15) is 0 Å². The molecule has 1 fully saturated rings. The highest BCUT2D eigenvalue weighted by Crippen LogP contribution is 2.27. The van der Waals surface area contributed by atoms with E-state index >= 15 is 0 Å². The number of aromatic carboxylic acids is 1. The maximum absolute atomic E-state index is 11.3. The smallest absolute Gasteiger partial charge is 0.337 e. The molecule has 1 aliphatic rings. The Bertz CT molecular complexity index is 464. The van der Waals surface area contributed by atoms with Gasteiger partial charge in [0.15, 0.2) is 0 Å². The lowest BCUT2D eigenvalue weighted by molar-refractivity contribution is 0.0660. The number of rotatable bonds is 3. The summed E-state index contributed by atoms with van der Waals surface area (Å²) in [5.74, 6) is -0.888. The molecular weight excluding hydrogens is 310 g/mol. The largest absolute Gasteiger partial charge is 0.478 e. The van der Waals surface area contributed by atoms with E-state index in [2.05, 4.69) is 27.8 Å². The predicted octanol–water partition coefficient (Wildman–Crippen LogP) is 3.15. The van der Waals surface area contributed by atoms with Crippen molar-refractivity contribution in [1.29, 1.82) is 0 Å². The Morgan fingerprint density at radius 3 is 3.05 bits per heavy atom. The average Bonchev–Trinajstić information content (AvgIpc) is 2.63. The highest BCUT2D eigenvalue weighted by molar-refractivity contribution is 9.10. The van der Waals surface area contributed by atoms with E-state index in [4.69, 9.17) is 4.74 Å². The molecule has 1 atom stereocenters. The van der Waals surface area contributed by atoms with Gasteiger partial charge in [-0.25, -0.2) is 4.79 Å². The van der Waals surface area contributed by atoms with Gasteiger partial charge in [0, 0.05) is 24.2 Å². The summed E-state index contributed by atoms with van der Waals surface area (Å²) in [6, 6.07) is 5.29. The molecule has 1 aromatic rings. The molecule has 5 heteroatoms. The van der Waals surface area contributed by atoms with E-state index in [1.54, 1.807) is 12.1 Å². The zero-order valence-electron chi connectivity index (χ0n) is 10.9. The molecule has 4 nitrogen and oxygen atoms in total. The van der Waals surface area contributed by atoms with Crippen molar-refractivity contribution < 1.29 is 14.6 Å². The van der Waals surface area contributed by atoms with Crippen molar-refractivity contribution >= 4 is 27.6 Å². The van der Waals surface area contributed by atoms with Crippen LogP contribution >= 0.6 is 15.9 Å². The summed E-state index contributed by atoms with van der Waals surface area (Å²) in [6.07, 6.45) is 2.03. The van der Waals surface area contributed by atoms with Crippen LogP contribution in [0.5, 0.6) is 0 Å². The van der Waals surface area contributed by atoms with Crippen LogP contribution in [-0.2, 0) is 4.74 Å². The normalized spacial score (nSPS) is 20.1. The van der Waals surface area contributed by atoms with Crippen LogP contribution in [-0.4, -0.2) is 36.9 Å². The molecular formula is C14H18BrNO3. The summed E-state index contributed by atoms with van der Waals surface area (Å²) in [7, 11) is 0. The van der Waals surface area contributed by atoms with E-state index in [9.17, 15) is 9.90 Å². The molecule has 1 N–H and O–H groups in total. The molecule has 0 aromatic heterocycles. The van der Waals surface area contributed by atoms with Crippen LogP contribution in [0.25, 0.3) is 0 Å². The van der Waals surface area contributed by atoms with Gasteiger partial charge in [0.1, 0.15) is 0 Å². The van der Waals surface area contributed by atoms with Crippen molar-refractivity contribution in [3.63, 3.8) is 0 Å². The van der Waals surface area contributed by atoms with Crippen molar-refractivity contribution in [3.05, 3.63) is 28.2 Å². The summed E-state index contributed by atoms with van der Waals surface area (Å²) < 4.78 is 6.63. The van der Waals surface area contributed by atoms with Gasteiger partial charge in [-0.3, -0.25) is 0 Å². The molecule has 0 aliphatic carbocycles. The number of ether oxygens (including phenoxy) is 1. The highest BCUT2D eigenvalue weighted by Gasteiger charge is 2.21. The molecule has 1 aliphatic heterocycles. The van der Waals surface area contributed by atoms with Gasteiger partial charge in [-0.05, 0) is 31.0 Å². The lowest BCUT2D eigenvalue weighted by Crippen LogP contribution is -2.32. The van der Waals surface area contributed by atoms with Gasteiger partial charge in [0.05, 0.1) is 17.4 Å². The van der Waals surface area contributed by atoms with E-state index in [0.29, 0.717) is 5.56 Å². The fourth-order valence-corrected chi connectivity index (χ4v) is 2.66. The van der Waals surface area contributed by atoms with Gasteiger partial charge in [-0.15, -0.1) is 0 Å².